The van der Waals surface area contributed by atoms with Gasteiger partial charge in [-0.1, -0.05) is 121 Å². The third-order valence-corrected chi connectivity index (χ3v) is 7.97. The lowest BCUT2D eigenvalue weighted by molar-refractivity contribution is -0.123. The molecule has 10 heteroatoms. The van der Waals surface area contributed by atoms with E-state index in [-0.39, 0.29) is 43.5 Å². The zero-order chi connectivity index (χ0) is 35.6. The third-order valence-electron chi connectivity index (χ3n) is 7.97. The second-order valence-electron chi connectivity index (χ2n) is 12.3. The molecule has 262 valence electrons. The van der Waals surface area contributed by atoms with Gasteiger partial charge in [-0.15, -0.1) is 0 Å². The number of carbonyl (C=O) groups is 4. The topological polar surface area (TPSA) is 135 Å². The summed E-state index contributed by atoms with van der Waals surface area (Å²) in [5.74, 6) is -0.728. The maximum Gasteiger partial charge on any atom is 0.408 e. The van der Waals surface area contributed by atoms with Crippen LogP contribution in [0.2, 0.25) is 0 Å². The Labute approximate surface area is 294 Å². The highest BCUT2D eigenvalue weighted by molar-refractivity contribution is 5.87. The van der Waals surface area contributed by atoms with Crippen LogP contribution in [0.5, 0.6) is 0 Å². The summed E-state index contributed by atoms with van der Waals surface area (Å²) in [5.41, 5.74) is 3.58. The van der Waals surface area contributed by atoms with Crippen LogP contribution in [0.4, 0.5) is 9.59 Å². The van der Waals surface area contributed by atoms with E-state index in [0.29, 0.717) is 19.3 Å². The Bertz CT molecular complexity index is 1620. The number of hydrogen-bond acceptors (Lipinski definition) is 6. The van der Waals surface area contributed by atoms with Crippen LogP contribution in [0.1, 0.15) is 48.9 Å². The van der Waals surface area contributed by atoms with Gasteiger partial charge >= 0.3 is 12.2 Å². The number of ether oxygens (including phenoxy) is 2. The van der Waals surface area contributed by atoms with Gasteiger partial charge in [0, 0.05) is 18.5 Å². The molecule has 0 heterocycles. The van der Waals surface area contributed by atoms with Crippen molar-refractivity contribution in [3.8, 4) is 0 Å². The predicted octanol–water partition coefficient (Wildman–Crippen LogP) is 5.85. The van der Waals surface area contributed by atoms with E-state index in [9.17, 15) is 19.2 Å². The number of amides is 4. The molecule has 0 saturated heterocycles. The summed E-state index contributed by atoms with van der Waals surface area (Å²) in [5, 5.41) is 11.4. The van der Waals surface area contributed by atoms with E-state index >= 15 is 0 Å². The van der Waals surface area contributed by atoms with Crippen LogP contribution in [0.15, 0.2) is 121 Å². The van der Waals surface area contributed by atoms with Gasteiger partial charge in [-0.05, 0) is 55.4 Å². The lowest BCUT2D eigenvalue weighted by Crippen LogP contribution is -2.52. The number of nitrogens with one attached hydrogen (secondary N) is 4. The van der Waals surface area contributed by atoms with Crippen molar-refractivity contribution in [3.05, 3.63) is 144 Å². The van der Waals surface area contributed by atoms with Crippen LogP contribution in [0.25, 0.3) is 0 Å². The second-order valence-corrected chi connectivity index (χ2v) is 12.3. The third kappa shape index (κ3) is 13.5. The van der Waals surface area contributed by atoms with Crippen molar-refractivity contribution < 1.29 is 28.7 Å². The molecule has 10 nitrogen and oxygen atoms in total. The van der Waals surface area contributed by atoms with Crippen LogP contribution in [0.3, 0.4) is 0 Å². The molecule has 0 bridgehead atoms. The zero-order valence-electron chi connectivity index (χ0n) is 28.5. The highest BCUT2D eigenvalue weighted by Crippen LogP contribution is 2.10. The molecule has 4 N–H and O–H groups in total. The lowest BCUT2D eigenvalue weighted by Gasteiger charge is -2.25. The van der Waals surface area contributed by atoms with E-state index in [4.69, 9.17) is 9.47 Å². The van der Waals surface area contributed by atoms with Gasteiger partial charge in [-0.2, -0.15) is 0 Å². The predicted molar refractivity (Wildman–Crippen MR) is 192 cm³/mol. The maximum atomic E-state index is 13.5. The van der Waals surface area contributed by atoms with Gasteiger partial charge in [0.15, 0.2) is 0 Å². The first-order valence-electron chi connectivity index (χ1n) is 16.9. The smallest absolute Gasteiger partial charge is 0.408 e. The summed E-state index contributed by atoms with van der Waals surface area (Å²) < 4.78 is 10.8. The molecule has 0 aromatic heterocycles. The Kier molecular flexibility index (Phi) is 14.9. The maximum absolute atomic E-state index is 13.5. The van der Waals surface area contributed by atoms with Gasteiger partial charge < -0.3 is 30.7 Å². The monoisotopic (exact) mass is 678 g/mol. The molecule has 0 aliphatic heterocycles. The van der Waals surface area contributed by atoms with Gasteiger partial charge in [0.2, 0.25) is 11.8 Å². The fourth-order valence-corrected chi connectivity index (χ4v) is 5.43. The molecule has 0 saturated carbocycles. The van der Waals surface area contributed by atoms with E-state index < -0.39 is 24.3 Å². The first-order chi connectivity index (χ1) is 24.2. The fourth-order valence-electron chi connectivity index (χ4n) is 5.43. The van der Waals surface area contributed by atoms with Gasteiger partial charge in [0.1, 0.15) is 25.3 Å². The standard InChI is InChI=1S/C40H46N4O6/c1-29(41-37(45)35(24-23-31-15-7-3-8-16-31)43-39(47)49-27-33-19-11-5-12-20-33)25-30(2)42-38(46)36(26-32-17-9-4-10-18-32)44-40(48)50-28-34-21-13-6-14-22-34/h3-22,29-30,35-36H,23-28H2,1-2H3,(H,41,45)(H,42,46)(H,43,47)(H,44,48)/t29?,30?,35-,36-/m0/s1. The number of alkyl carbamates (subject to hydrolysis) is 2. The summed E-state index contributed by atoms with van der Waals surface area (Å²) in [6, 6.07) is 35.3. The van der Waals surface area contributed by atoms with E-state index in [0.717, 1.165) is 22.3 Å². The molecule has 4 rings (SSSR count). The second kappa shape index (κ2) is 20.0. The minimum absolute atomic E-state index is 0.0753. The molecule has 4 amide bonds. The summed E-state index contributed by atoms with van der Waals surface area (Å²) in [7, 11) is 0. The Morgan fingerprint density at radius 2 is 0.880 bits per heavy atom. The molecule has 0 fully saturated rings. The molecule has 0 aliphatic carbocycles. The summed E-state index contributed by atoms with van der Waals surface area (Å²) >= 11 is 0. The average Bonchev–Trinajstić information content (AvgIpc) is 3.12. The van der Waals surface area contributed by atoms with Crippen molar-refractivity contribution in [1.82, 2.24) is 21.3 Å². The van der Waals surface area contributed by atoms with Gasteiger partial charge in [0.05, 0.1) is 0 Å². The molecule has 4 aromatic rings. The fraction of sp³-hybridized carbons (Fsp3) is 0.300. The van der Waals surface area contributed by atoms with Crippen molar-refractivity contribution >= 4 is 24.0 Å². The molecule has 50 heavy (non-hydrogen) atoms. The quantitative estimate of drug-likeness (QED) is 0.111. The van der Waals surface area contributed by atoms with Crippen molar-refractivity contribution in [1.29, 1.82) is 0 Å². The average molecular weight is 679 g/mol. The SMILES string of the molecule is CC(CC(C)NC(=O)[C@H](Cc1ccccc1)NC(=O)OCc1ccccc1)NC(=O)[C@H](CCc1ccccc1)NC(=O)OCc1ccccc1. The Balaban J connectivity index is 1.31. The molecular formula is C40H46N4O6. The number of hydrogen-bond donors (Lipinski definition) is 4. The minimum atomic E-state index is -0.888. The van der Waals surface area contributed by atoms with Crippen molar-refractivity contribution in [2.75, 3.05) is 0 Å². The van der Waals surface area contributed by atoms with E-state index in [1.165, 1.54) is 0 Å². The normalized spacial score (nSPS) is 13.1. The number of carbonyl (C=O) groups excluding carboxylic acids is 4. The minimum Gasteiger partial charge on any atom is -0.445 e. The van der Waals surface area contributed by atoms with E-state index in [2.05, 4.69) is 21.3 Å². The van der Waals surface area contributed by atoms with Crippen LogP contribution in [-0.4, -0.2) is 48.2 Å². The Hall–Kier alpha value is -5.64. The van der Waals surface area contributed by atoms with Gasteiger partial charge in [0.25, 0.3) is 0 Å². The lowest BCUT2D eigenvalue weighted by atomic mass is 10.0. The molecule has 0 spiro atoms. The molecule has 4 atom stereocenters. The molecule has 2 unspecified atom stereocenters. The largest absolute Gasteiger partial charge is 0.445 e. The Morgan fingerprint density at radius 3 is 1.34 bits per heavy atom. The van der Waals surface area contributed by atoms with Crippen LogP contribution in [0, 0.1) is 0 Å². The summed E-state index contributed by atoms with van der Waals surface area (Å²) in [6.45, 7) is 3.83. The molecule has 0 aliphatic rings. The summed E-state index contributed by atoms with van der Waals surface area (Å²) in [6.07, 6.45) is 0.216. The van der Waals surface area contributed by atoms with E-state index in [1.54, 1.807) is 0 Å². The summed E-state index contributed by atoms with van der Waals surface area (Å²) in [4.78, 5) is 52.3. The van der Waals surface area contributed by atoms with Crippen LogP contribution < -0.4 is 21.3 Å². The number of rotatable bonds is 17. The highest BCUT2D eigenvalue weighted by atomic mass is 16.6. The van der Waals surface area contributed by atoms with Gasteiger partial charge in [-0.3, -0.25) is 9.59 Å². The van der Waals surface area contributed by atoms with Crippen molar-refractivity contribution in [3.63, 3.8) is 0 Å². The van der Waals surface area contributed by atoms with Crippen molar-refractivity contribution in [2.24, 2.45) is 0 Å². The molecule has 4 aromatic carbocycles. The zero-order valence-corrected chi connectivity index (χ0v) is 28.5. The first-order valence-corrected chi connectivity index (χ1v) is 16.9. The Morgan fingerprint density at radius 1 is 0.500 bits per heavy atom. The number of benzene rings is 4. The van der Waals surface area contributed by atoms with Crippen LogP contribution in [-0.2, 0) is 45.1 Å². The van der Waals surface area contributed by atoms with Crippen LogP contribution >= 0.6 is 0 Å². The number of aryl methyl sites for hydroxylation is 1. The van der Waals surface area contributed by atoms with E-state index in [1.807, 2.05) is 135 Å². The van der Waals surface area contributed by atoms with Gasteiger partial charge in [-0.25, -0.2) is 9.59 Å². The van der Waals surface area contributed by atoms with Crippen molar-refractivity contribution in [2.45, 2.75) is 76.9 Å². The highest BCUT2D eigenvalue weighted by Gasteiger charge is 2.26. The molecule has 0 radical (unpaired) electrons. The first kappa shape index (κ1) is 37.2. The molecular weight excluding hydrogens is 632 g/mol.